The molecule has 0 aliphatic carbocycles. The zero-order valence-electron chi connectivity index (χ0n) is 18.9. The predicted octanol–water partition coefficient (Wildman–Crippen LogP) is 4.18. The second-order valence-corrected chi connectivity index (χ2v) is 7.89. The van der Waals surface area contributed by atoms with E-state index in [1.54, 1.807) is 30.5 Å². The second kappa shape index (κ2) is 10.6. The Hall–Kier alpha value is -4.46. The predicted molar refractivity (Wildman–Crippen MR) is 127 cm³/mol. The summed E-state index contributed by atoms with van der Waals surface area (Å²) in [6, 6.07) is 18.2. The number of esters is 2. The molecule has 4 rings (SSSR count). The Labute approximate surface area is 200 Å². The number of hydrogen-bond donors (Lipinski definition) is 2. The maximum absolute atomic E-state index is 13.3. The minimum atomic E-state index is -0.985. The topological polar surface area (TPSA) is 97.5 Å². The van der Waals surface area contributed by atoms with Crippen LogP contribution in [0.2, 0.25) is 0 Å². The third-order valence-electron chi connectivity index (χ3n) is 5.55. The number of methoxy groups -OCH3 is 1. The highest BCUT2D eigenvalue weighted by Crippen LogP contribution is 2.20. The van der Waals surface area contributed by atoms with Crippen LogP contribution < -0.4 is 5.32 Å². The highest BCUT2D eigenvalue weighted by molar-refractivity contribution is 5.97. The van der Waals surface area contributed by atoms with Crippen LogP contribution in [0, 0.1) is 5.82 Å². The van der Waals surface area contributed by atoms with Crippen LogP contribution in [0.5, 0.6) is 0 Å². The molecule has 0 unspecified atom stereocenters. The van der Waals surface area contributed by atoms with Crippen molar-refractivity contribution in [3.05, 3.63) is 107 Å². The molecule has 0 fully saturated rings. The molecule has 0 saturated carbocycles. The fourth-order valence-corrected chi connectivity index (χ4v) is 3.67. The van der Waals surface area contributed by atoms with Gasteiger partial charge in [0.2, 0.25) is 0 Å². The Balaban J connectivity index is 1.50. The van der Waals surface area contributed by atoms with Gasteiger partial charge in [0, 0.05) is 29.1 Å². The number of aromatic nitrogens is 1. The standard InChI is InChI=1S/C27H23FN2O5/c1-34-26(32)19-8-6-17(7-9-19)16-35-27(33)24(30-25(31)18-10-12-21(28)13-11-18)14-20-15-29-23-5-3-2-4-22(20)23/h2-13,15,24,29H,14,16H2,1H3,(H,30,31)/t24-/m0/s1. The highest BCUT2D eigenvalue weighted by Gasteiger charge is 2.25. The van der Waals surface area contributed by atoms with E-state index < -0.39 is 29.7 Å². The van der Waals surface area contributed by atoms with Gasteiger partial charge in [0.15, 0.2) is 0 Å². The van der Waals surface area contributed by atoms with E-state index in [2.05, 4.69) is 15.0 Å². The highest BCUT2D eigenvalue weighted by atomic mass is 19.1. The molecular formula is C27H23FN2O5. The molecule has 1 amide bonds. The lowest BCUT2D eigenvalue weighted by molar-refractivity contribution is -0.147. The Bertz CT molecular complexity index is 1350. The number of aromatic amines is 1. The van der Waals surface area contributed by atoms with Gasteiger partial charge in [0.25, 0.3) is 5.91 Å². The molecule has 0 aliphatic rings. The molecule has 0 spiro atoms. The largest absolute Gasteiger partial charge is 0.465 e. The van der Waals surface area contributed by atoms with Gasteiger partial charge in [-0.1, -0.05) is 30.3 Å². The number of ether oxygens (including phenoxy) is 2. The number of para-hydroxylation sites is 1. The molecule has 0 aliphatic heterocycles. The summed E-state index contributed by atoms with van der Waals surface area (Å²) in [7, 11) is 1.30. The molecule has 1 heterocycles. The van der Waals surface area contributed by atoms with Crippen LogP contribution in [0.25, 0.3) is 10.9 Å². The van der Waals surface area contributed by atoms with E-state index in [1.165, 1.54) is 31.4 Å². The van der Waals surface area contributed by atoms with Gasteiger partial charge >= 0.3 is 11.9 Å². The van der Waals surface area contributed by atoms with Gasteiger partial charge in [0.1, 0.15) is 18.5 Å². The molecule has 7 nitrogen and oxygen atoms in total. The number of amides is 1. The number of benzene rings is 3. The Morgan fingerprint density at radius 2 is 1.63 bits per heavy atom. The van der Waals surface area contributed by atoms with Crippen LogP contribution in [-0.2, 0) is 27.3 Å². The fraction of sp³-hybridized carbons (Fsp3) is 0.148. The van der Waals surface area contributed by atoms with Crippen molar-refractivity contribution >= 4 is 28.7 Å². The molecule has 35 heavy (non-hydrogen) atoms. The van der Waals surface area contributed by atoms with Crippen molar-refractivity contribution < 1.29 is 28.2 Å². The van der Waals surface area contributed by atoms with Crippen molar-refractivity contribution in [3.8, 4) is 0 Å². The lowest BCUT2D eigenvalue weighted by atomic mass is 10.0. The van der Waals surface area contributed by atoms with Crippen molar-refractivity contribution in [3.63, 3.8) is 0 Å². The molecule has 0 bridgehead atoms. The molecule has 4 aromatic rings. The summed E-state index contributed by atoms with van der Waals surface area (Å²) in [5.74, 6) is -2.07. The van der Waals surface area contributed by atoms with E-state index in [4.69, 9.17) is 4.74 Å². The van der Waals surface area contributed by atoms with Gasteiger partial charge in [-0.15, -0.1) is 0 Å². The quantitative estimate of drug-likeness (QED) is 0.374. The zero-order chi connectivity index (χ0) is 24.8. The van der Waals surface area contributed by atoms with Crippen molar-refractivity contribution in [1.82, 2.24) is 10.3 Å². The van der Waals surface area contributed by atoms with E-state index in [-0.39, 0.29) is 18.6 Å². The number of nitrogens with one attached hydrogen (secondary N) is 2. The summed E-state index contributed by atoms with van der Waals surface area (Å²) in [5, 5.41) is 3.64. The summed E-state index contributed by atoms with van der Waals surface area (Å²) >= 11 is 0. The van der Waals surface area contributed by atoms with Crippen LogP contribution in [-0.4, -0.2) is 36.0 Å². The van der Waals surface area contributed by atoms with Crippen molar-refractivity contribution in [2.24, 2.45) is 0 Å². The molecule has 0 saturated heterocycles. The number of hydrogen-bond acceptors (Lipinski definition) is 5. The third kappa shape index (κ3) is 5.73. The van der Waals surface area contributed by atoms with Gasteiger partial charge in [-0.05, 0) is 53.6 Å². The fourth-order valence-electron chi connectivity index (χ4n) is 3.67. The van der Waals surface area contributed by atoms with Gasteiger partial charge in [0.05, 0.1) is 12.7 Å². The molecule has 8 heteroatoms. The normalized spacial score (nSPS) is 11.6. The third-order valence-corrected chi connectivity index (χ3v) is 5.55. The number of H-pyrrole nitrogens is 1. The number of carbonyl (C=O) groups excluding carboxylic acids is 3. The Kier molecular flexibility index (Phi) is 7.21. The van der Waals surface area contributed by atoms with E-state index in [0.29, 0.717) is 11.1 Å². The van der Waals surface area contributed by atoms with Gasteiger partial charge < -0.3 is 19.8 Å². The second-order valence-electron chi connectivity index (χ2n) is 7.89. The zero-order valence-corrected chi connectivity index (χ0v) is 18.9. The molecule has 0 radical (unpaired) electrons. The SMILES string of the molecule is COC(=O)c1ccc(COC(=O)[C@H](Cc2c[nH]c3ccccc23)NC(=O)c2ccc(F)cc2)cc1. The minimum absolute atomic E-state index is 0.0446. The first-order chi connectivity index (χ1) is 16.9. The number of halogens is 1. The van der Waals surface area contributed by atoms with E-state index >= 15 is 0 Å². The first-order valence-corrected chi connectivity index (χ1v) is 10.9. The monoisotopic (exact) mass is 474 g/mol. The maximum Gasteiger partial charge on any atom is 0.337 e. The summed E-state index contributed by atoms with van der Waals surface area (Å²) < 4.78 is 23.4. The van der Waals surface area contributed by atoms with Gasteiger partial charge in [-0.25, -0.2) is 14.0 Å². The van der Waals surface area contributed by atoms with Crippen LogP contribution in [0.15, 0.2) is 79.0 Å². The first-order valence-electron chi connectivity index (χ1n) is 10.9. The smallest absolute Gasteiger partial charge is 0.337 e. The van der Waals surface area contributed by atoms with E-state index in [0.717, 1.165) is 16.5 Å². The van der Waals surface area contributed by atoms with Crippen LogP contribution in [0.1, 0.15) is 31.8 Å². The maximum atomic E-state index is 13.3. The van der Waals surface area contributed by atoms with E-state index in [1.807, 2.05) is 24.3 Å². The lowest BCUT2D eigenvalue weighted by Gasteiger charge is -2.18. The molecule has 178 valence electrons. The van der Waals surface area contributed by atoms with Crippen molar-refractivity contribution in [2.75, 3.05) is 7.11 Å². The number of carbonyl (C=O) groups is 3. The van der Waals surface area contributed by atoms with Crippen molar-refractivity contribution in [2.45, 2.75) is 19.1 Å². The summed E-state index contributed by atoms with van der Waals surface area (Å²) in [4.78, 5) is 40.6. The molecular weight excluding hydrogens is 451 g/mol. The van der Waals surface area contributed by atoms with Crippen LogP contribution in [0.4, 0.5) is 4.39 Å². The first kappa shape index (κ1) is 23.7. The molecule has 1 atom stereocenters. The minimum Gasteiger partial charge on any atom is -0.465 e. The molecule has 3 aromatic carbocycles. The van der Waals surface area contributed by atoms with Crippen LogP contribution in [0.3, 0.4) is 0 Å². The van der Waals surface area contributed by atoms with Crippen LogP contribution >= 0.6 is 0 Å². The average molecular weight is 474 g/mol. The lowest BCUT2D eigenvalue weighted by Crippen LogP contribution is -2.43. The van der Waals surface area contributed by atoms with Crippen molar-refractivity contribution in [1.29, 1.82) is 0 Å². The van der Waals surface area contributed by atoms with Gasteiger partial charge in [-0.3, -0.25) is 4.79 Å². The molecule has 1 aromatic heterocycles. The average Bonchev–Trinajstić information content (AvgIpc) is 3.29. The Morgan fingerprint density at radius 1 is 0.943 bits per heavy atom. The summed E-state index contributed by atoms with van der Waals surface area (Å²) in [6.45, 7) is -0.0446. The molecule has 2 N–H and O–H groups in total. The van der Waals surface area contributed by atoms with Gasteiger partial charge in [-0.2, -0.15) is 0 Å². The summed E-state index contributed by atoms with van der Waals surface area (Å²) in [6.07, 6.45) is 1.98. The number of fused-ring (bicyclic) bond motifs is 1. The summed E-state index contributed by atoms with van der Waals surface area (Å²) in [5.41, 5.74) is 3.02. The number of rotatable bonds is 8. The Morgan fingerprint density at radius 3 is 2.34 bits per heavy atom. The van der Waals surface area contributed by atoms with E-state index in [9.17, 15) is 18.8 Å².